The number of amides is 1. The van der Waals surface area contributed by atoms with Gasteiger partial charge in [-0.15, -0.1) is 0 Å². The third kappa shape index (κ3) is 3.51. The fourth-order valence-corrected chi connectivity index (χ4v) is 2.70. The van der Waals surface area contributed by atoms with E-state index in [0.717, 1.165) is 42.5 Å². The van der Waals surface area contributed by atoms with Crippen LogP contribution in [0.4, 0.5) is 0 Å². The van der Waals surface area contributed by atoms with Crippen LogP contribution in [0.25, 0.3) is 0 Å². The van der Waals surface area contributed by atoms with Gasteiger partial charge in [-0.3, -0.25) is 9.78 Å². The molecule has 2 rings (SSSR count). The van der Waals surface area contributed by atoms with Gasteiger partial charge in [-0.1, -0.05) is 0 Å². The summed E-state index contributed by atoms with van der Waals surface area (Å²) in [6.07, 6.45) is 8.85. The maximum Gasteiger partial charge on any atom is 0.219 e. The average molecular weight is 312 g/mol. The summed E-state index contributed by atoms with van der Waals surface area (Å²) in [5, 5.41) is 0. The molecule has 4 nitrogen and oxygen atoms in total. The summed E-state index contributed by atoms with van der Waals surface area (Å²) >= 11 is 3.28. The smallest absolute Gasteiger partial charge is 0.219 e. The molecule has 0 spiro atoms. The maximum absolute atomic E-state index is 11.6. The average Bonchev–Trinajstić information content (AvgIpc) is 2.38. The van der Waals surface area contributed by atoms with Crippen molar-refractivity contribution in [3.8, 4) is 0 Å². The molecule has 0 N–H and O–H groups in total. The zero-order valence-electron chi connectivity index (χ0n) is 10.6. The SMILES string of the molecule is CC(=O)N1CCCCC1CCc1cnc(Br)cn1. The molecule has 1 aromatic heterocycles. The molecule has 1 fully saturated rings. The number of hydrogen-bond donors (Lipinski definition) is 0. The topological polar surface area (TPSA) is 46.1 Å². The quantitative estimate of drug-likeness (QED) is 0.862. The van der Waals surface area contributed by atoms with Crippen molar-refractivity contribution in [1.82, 2.24) is 14.9 Å². The molecule has 1 aliphatic heterocycles. The Balaban J connectivity index is 1.91. The molecule has 0 bridgehead atoms. The zero-order chi connectivity index (χ0) is 13.0. The predicted octanol–water partition coefficient (Wildman–Crippen LogP) is 2.57. The maximum atomic E-state index is 11.6. The number of likely N-dealkylation sites (tertiary alicyclic amines) is 1. The van der Waals surface area contributed by atoms with Crippen molar-refractivity contribution in [2.75, 3.05) is 6.54 Å². The van der Waals surface area contributed by atoms with E-state index in [1.807, 2.05) is 4.90 Å². The molecule has 0 radical (unpaired) electrons. The van der Waals surface area contributed by atoms with Crippen molar-refractivity contribution in [3.63, 3.8) is 0 Å². The standard InChI is InChI=1S/C13H18BrN3O/c1-10(18)17-7-3-2-4-12(17)6-5-11-8-16-13(14)9-15-11/h8-9,12H,2-7H2,1H3. The van der Waals surface area contributed by atoms with Gasteiger partial charge in [-0.2, -0.15) is 0 Å². The Morgan fingerprint density at radius 1 is 1.44 bits per heavy atom. The van der Waals surface area contributed by atoms with Gasteiger partial charge in [0.2, 0.25) is 5.91 Å². The number of carbonyl (C=O) groups excluding carboxylic acids is 1. The van der Waals surface area contributed by atoms with E-state index in [1.165, 1.54) is 6.42 Å². The molecule has 1 aliphatic rings. The molecule has 0 saturated carbocycles. The molecule has 1 amide bonds. The summed E-state index contributed by atoms with van der Waals surface area (Å²) in [6.45, 7) is 2.57. The van der Waals surface area contributed by atoms with E-state index in [2.05, 4.69) is 25.9 Å². The predicted molar refractivity (Wildman–Crippen MR) is 73.1 cm³/mol. The van der Waals surface area contributed by atoms with E-state index in [1.54, 1.807) is 19.3 Å². The summed E-state index contributed by atoms with van der Waals surface area (Å²) < 4.78 is 0.759. The van der Waals surface area contributed by atoms with Crippen molar-refractivity contribution < 1.29 is 4.79 Å². The van der Waals surface area contributed by atoms with Crippen LogP contribution in [0.2, 0.25) is 0 Å². The summed E-state index contributed by atoms with van der Waals surface area (Å²) in [5.74, 6) is 0.196. The Labute approximate surface area is 116 Å². The van der Waals surface area contributed by atoms with Gasteiger partial charge in [0.1, 0.15) is 4.60 Å². The van der Waals surface area contributed by atoms with Gasteiger partial charge in [0.15, 0.2) is 0 Å². The fourth-order valence-electron chi connectivity index (χ4n) is 2.50. The minimum absolute atomic E-state index is 0.196. The van der Waals surface area contributed by atoms with Crippen molar-refractivity contribution in [2.24, 2.45) is 0 Å². The van der Waals surface area contributed by atoms with E-state index >= 15 is 0 Å². The molecule has 1 saturated heterocycles. The Kier molecular flexibility index (Phi) is 4.69. The molecule has 5 heteroatoms. The summed E-state index contributed by atoms with van der Waals surface area (Å²) in [7, 11) is 0. The Morgan fingerprint density at radius 3 is 2.94 bits per heavy atom. The third-order valence-corrected chi connectivity index (χ3v) is 3.85. The van der Waals surface area contributed by atoms with Crippen molar-refractivity contribution >= 4 is 21.8 Å². The highest BCUT2D eigenvalue weighted by Crippen LogP contribution is 2.21. The number of piperidine rings is 1. The second-order valence-electron chi connectivity index (χ2n) is 4.73. The van der Waals surface area contributed by atoms with Crippen LogP contribution in [0.1, 0.15) is 38.3 Å². The van der Waals surface area contributed by atoms with Gasteiger partial charge in [0, 0.05) is 25.7 Å². The molecule has 1 unspecified atom stereocenters. The van der Waals surface area contributed by atoms with Crippen LogP contribution in [0.15, 0.2) is 17.0 Å². The molecular formula is C13H18BrN3O. The summed E-state index contributed by atoms with van der Waals surface area (Å²) in [5.41, 5.74) is 0.993. The van der Waals surface area contributed by atoms with Gasteiger partial charge in [-0.05, 0) is 48.0 Å². The summed E-state index contributed by atoms with van der Waals surface area (Å²) in [6, 6.07) is 0.377. The van der Waals surface area contributed by atoms with Gasteiger partial charge in [0.05, 0.1) is 11.9 Å². The molecule has 0 aromatic carbocycles. The molecule has 18 heavy (non-hydrogen) atoms. The minimum Gasteiger partial charge on any atom is -0.340 e. The zero-order valence-corrected chi connectivity index (χ0v) is 12.2. The van der Waals surface area contributed by atoms with Crippen LogP contribution in [-0.4, -0.2) is 33.4 Å². The van der Waals surface area contributed by atoms with E-state index in [-0.39, 0.29) is 5.91 Å². The largest absolute Gasteiger partial charge is 0.340 e. The molecule has 98 valence electrons. The lowest BCUT2D eigenvalue weighted by molar-refractivity contribution is -0.132. The molecular weight excluding hydrogens is 294 g/mol. The minimum atomic E-state index is 0.196. The van der Waals surface area contributed by atoms with Gasteiger partial charge in [-0.25, -0.2) is 4.98 Å². The molecule has 0 aliphatic carbocycles. The summed E-state index contributed by atoms with van der Waals surface area (Å²) in [4.78, 5) is 22.1. The second-order valence-corrected chi connectivity index (χ2v) is 5.54. The van der Waals surface area contributed by atoms with Crippen LogP contribution in [-0.2, 0) is 11.2 Å². The van der Waals surface area contributed by atoms with Crippen LogP contribution < -0.4 is 0 Å². The lowest BCUT2D eigenvalue weighted by Crippen LogP contribution is -2.42. The van der Waals surface area contributed by atoms with Gasteiger partial charge >= 0.3 is 0 Å². The Hall–Kier alpha value is -0.970. The first kappa shape index (κ1) is 13.5. The number of hydrogen-bond acceptors (Lipinski definition) is 3. The highest BCUT2D eigenvalue weighted by Gasteiger charge is 2.23. The third-order valence-electron chi connectivity index (χ3n) is 3.44. The highest BCUT2D eigenvalue weighted by atomic mass is 79.9. The van der Waals surface area contributed by atoms with E-state index < -0.39 is 0 Å². The van der Waals surface area contributed by atoms with Crippen molar-refractivity contribution in [2.45, 2.75) is 45.1 Å². The van der Waals surface area contributed by atoms with Crippen LogP contribution >= 0.6 is 15.9 Å². The first-order valence-electron chi connectivity index (χ1n) is 6.40. The van der Waals surface area contributed by atoms with E-state index in [0.29, 0.717) is 6.04 Å². The van der Waals surface area contributed by atoms with Crippen LogP contribution in [0.3, 0.4) is 0 Å². The monoisotopic (exact) mass is 311 g/mol. The number of rotatable bonds is 3. The van der Waals surface area contributed by atoms with E-state index in [4.69, 9.17) is 0 Å². The van der Waals surface area contributed by atoms with Gasteiger partial charge < -0.3 is 4.90 Å². The first-order chi connectivity index (χ1) is 8.66. The lowest BCUT2D eigenvalue weighted by Gasteiger charge is -2.35. The van der Waals surface area contributed by atoms with Crippen molar-refractivity contribution in [3.05, 3.63) is 22.7 Å². The molecule has 2 heterocycles. The number of aryl methyl sites for hydroxylation is 1. The van der Waals surface area contributed by atoms with E-state index in [9.17, 15) is 4.79 Å². The number of aromatic nitrogens is 2. The second kappa shape index (κ2) is 6.27. The molecule has 1 aromatic rings. The Bertz CT molecular complexity index is 407. The van der Waals surface area contributed by atoms with Crippen LogP contribution in [0, 0.1) is 0 Å². The highest BCUT2D eigenvalue weighted by molar-refractivity contribution is 9.10. The number of nitrogens with zero attached hydrogens (tertiary/aromatic N) is 3. The lowest BCUT2D eigenvalue weighted by atomic mass is 9.97. The first-order valence-corrected chi connectivity index (χ1v) is 7.20. The van der Waals surface area contributed by atoms with Crippen molar-refractivity contribution in [1.29, 1.82) is 0 Å². The number of carbonyl (C=O) groups is 1. The normalized spacial score (nSPS) is 19.9. The fraction of sp³-hybridized carbons (Fsp3) is 0.615. The number of halogens is 1. The molecule has 1 atom stereocenters. The van der Waals surface area contributed by atoms with Gasteiger partial charge in [0.25, 0.3) is 0 Å². The Morgan fingerprint density at radius 2 is 2.28 bits per heavy atom. The van der Waals surface area contributed by atoms with Crippen LogP contribution in [0.5, 0.6) is 0 Å².